The van der Waals surface area contributed by atoms with Crippen molar-refractivity contribution in [3.63, 3.8) is 0 Å². The fourth-order valence-electron chi connectivity index (χ4n) is 1.44. The first-order chi connectivity index (χ1) is 7.50. The molecule has 0 aliphatic carbocycles. The van der Waals surface area contributed by atoms with Crippen LogP contribution in [0.3, 0.4) is 0 Å². The maximum Gasteiger partial charge on any atom is 0.241 e. The third kappa shape index (κ3) is 6.19. The summed E-state index contributed by atoms with van der Waals surface area (Å²) in [6, 6.07) is 1.39. The Hall–Kier alpha value is -0.840. The van der Waals surface area contributed by atoms with Gasteiger partial charge in [-0.05, 0) is 30.9 Å². The summed E-state index contributed by atoms with van der Waals surface area (Å²) in [6.07, 6.45) is 4.01. The number of anilines is 1. The number of rotatable bonds is 4. The van der Waals surface area contributed by atoms with Crippen molar-refractivity contribution >= 4 is 36.4 Å². The van der Waals surface area contributed by atoms with Gasteiger partial charge < -0.3 is 11.1 Å². The van der Waals surface area contributed by atoms with E-state index in [1.165, 1.54) is 0 Å². The van der Waals surface area contributed by atoms with E-state index in [0.717, 1.165) is 11.3 Å². The first-order valence-corrected chi connectivity index (χ1v) is 5.47. The number of pyridine rings is 1. The quantitative estimate of drug-likeness (QED) is 0.896. The molecule has 0 saturated carbocycles. The highest BCUT2D eigenvalue weighted by atomic mass is 35.5. The van der Waals surface area contributed by atoms with Gasteiger partial charge in [0.1, 0.15) is 0 Å². The van der Waals surface area contributed by atoms with Gasteiger partial charge in [-0.1, -0.05) is 13.8 Å². The maximum absolute atomic E-state index is 11.7. The zero-order chi connectivity index (χ0) is 12.1. The van der Waals surface area contributed by atoms with Crippen molar-refractivity contribution in [2.75, 3.05) is 5.32 Å². The molecule has 0 aliphatic heterocycles. The number of nitrogens with zero attached hydrogens (tertiary/aromatic N) is 1. The van der Waals surface area contributed by atoms with Crippen LogP contribution in [0.15, 0.2) is 18.5 Å². The minimum absolute atomic E-state index is 0. The molecule has 6 heteroatoms. The van der Waals surface area contributed by atoms with Crippen LogP contribution in [0.2, 0.25) is 0 Å². The Labute approximate surface area is 121 Å². The third-order valence-electron chi connectivity index (χ3n) is 2.36. The van der Waals surface area contributed by atoms with Crippen LogP contribution in [-0.4, -0.2) is 16.9 Å². The Morgan fingerprint density at radius 1 is 1.44 bits per heavy atom. The summed E-state index contributed by atoms with van der Waals surface area (Å²) >= 11 is 0. The van der Waals surface area contributed by atoms with Gasteiger partial charge in [0.2, 0.25) is 5.91 Å². The van der Waals surface area contributed by atoms with Crippen molar-refractivity contribution in [3.05, 3.63) is 24.0 Å². The summed E-state index contributed by atoms with van der Waals surface area (Å²) in [5, 5.41) is 2.79. The Bertz CT molecular complexity index is 372. The average Bonchev–Trinajstić information content (AvgIpc) is 2.20. The van der Waals surface area contributed by atoms with Crippen molar-refractivity contribution < 1.29 is 4.79 Å². The van der Waals surface area contributed by atoms with Crippen LogP contribution in [0.5, 0.6) is 0 Å². The molecule has 4 nitrogen and oxygen atoms in total. The molecule has 0 saturated heterocycles. The number of halogens is 2. The molecule has 18 heavy (non-hydrogen) atoms. The van der Waals surface area contributed by atoms with E-state index in [1.807, 2.05) is 26.8 Å². The predicted octanol–water partition coefficient (Wildman–Crippen LogP) is 2.55. The van der Waals surface area contributed by atoms with Gasteiger partial charge in [0.15, 0.2) is 0 Å². The molecule has 0 unspecified atom stereocenters. The Kier molecular flexibility index (Phi) is 9.90. The fourth-order valence-corrected chi connectivity index (χ4v) is 1.44. The second kappa shape index (κ2) is 9.14. The molecule has 1 aromatic heterocycles. The van der Waals surface area contributed by atoms with E-state index in [4.69, 9.17) is 5.73 Å². The molecule has 0 bridgehead atoms. The Balaban J connectivity index is 0. The number of amides is 1. The van der Waals surface area contributed by atoms with Crippen molar-refractivity contribution in [1.82, 2.24) is 4.98 Å². The second-order valence-electron chi connectivity index (χ2n) is 4.42. The summed E-state index contributed by atoms with van der Waals surface area (Å²) in [5.74, 6) is 0.264. The molecule has 1 rings (SSSR count). The average molecular weight is 294 g/mol. The molecule has 0 spiro atoms. The topological polar surface area (TPSA) is 68.0 Å². The summed E-state index contributed by atoms with van der Waals surface area (Å²) in [7, 11) is 0. The summed E-state index contributed by atoms with van der Waals surface area (Å²) in [5.41, 5.74) is 7.50. The lowest BCUT2D eigenvalue weighted by atomic mass is 10.0. The standard InChI is InChI=1S/C12H19N3O.2ClH/c1-8(2)6-10(13)12(16)15-11-7-14-5-4-9(11)3;;/h4-5,7-8,10H,6,13H2,1-3H3,(H,15,16);2*1H/t10-;;/m0../s1. The van der Waals surface area contributed by atoms with Gasteiger partial charge in [0, 0.05) is 6.20 Å². The molecule has 0 radical (unpaired) electrons. The highest BCUT2D eigenvalue weighted by molar-refractivity contribution is 5.95. The highest BCUT2D eigenvalue weighted by Gasteiger charge is 2.15. The highest BCUT2D eigenvalue weighted by Crippen LogP contribution is 2.12. The van der Waals surface area contributed by atoms with E-state index in [9.17, 15) is 4.79 Å². The summed E-state index contributed by atoms with van der Waals surface area (Å²) in [6.45, 7) is 6.01. The number of hydrogen-bond acceptors (Lipinski definition) is 3. The smallest absolute Gasteiger partial charge is 0.241 e. The molecular weight excluding hydrogens is 273 g/mol. The number of hydrogen-bond donors (Lipinski definition) is 2. The van der Waals surface area contributed by atoms with Crippen LogP contribution in [0.1, 0.15) is 25.8 Å². The molecule has 1 aromatic rings. The zero-order valence-electron chi connectivity index (χ0n) is 10.8. The lowest BCUT2D eigenvalue weighted by molar-refractivity contribution is -0.117. The van der Waals surface area contributed by atoms with Crippen LogP contribution in [0, 0.1) is 12.8 Å². The summed E-state index contributed by atoms with van der Waals surface area (Å²) in [4.78, 5) is 15.7. The number of aryl methyl sites for hydroxylation is 1. The monoisotopic (exact) mass is 293 g/mol. The van der Waals surface area contributed by atoms with Crippen LogP contribution in [0.4, 0.5) is 5.69 Å². The SMILES string of the molecule is Cc1ccncc1NC(=O)[C@@H](N)CC(C)C.Cl.Cl. The first kappa shape index (κ1) is 19.5. The molecule has 104 valence electrons. The van der Waals surface area contributed by atoms with Crippen LogP contribution in [-0.2, 0) is 4.79 Å². The van der Waals surface area contributed by atoms with Gasteiger partial charge >= 0.3 is 0 Å². The van der Waals surface area contributed by atoms with Crippen LogP contribution < -0.4 is 11.1 Å². The van der Waals surface area contributed by atoms with Crippen LogP contribution in [0.25, 0.3) is 0 Å². The van der Waals surface area contributed by atoms with Gasteiger partial charge in [-0.15, -0.1) is 24.8 Å². The van der Waals surface area contributed by atoms with Crippen molar-refractivity contribution in [1.29, 1.82) is 0 Å². The van der Waals surface area contributed by atoms with Gasteiger partial charge in [-0.25, -0.2) is 0 Å². The first-order valence-electron chi connectivity index (χ1n) is 5.47. The van der Waals surface area contributed by atoms with E-state index in [1.54, 1.807) is 12.4 Å². The minimum atomic E-state index is -0.459. The van der Waals surface area contributed by atoms with E-state index < -0.39 is 6.04 Å². The molecular formula is C12H21Cl2N3O. The number of aromatic nitrogens is 1. The van der Waals surface area contributed by atoms with Gasteiger partial charge in [0.05, 0.1) is 17.9 Å². The van der Waals surface area contributed by atoms with Gasteiger partial charge in [-0.2, -0.15) is 0 Å². The lowest BCUT2D eigenvalue weighted by Gasteiger charge is -2.14. The normalized spacial score (nSPS) is 11.2. The van der Waals surface area contributed by atoms with E-state index in [-0.39, 0.29) is 30.7 Å². The summed E-state index contributed by atoms with van der Waals surface area (Å²) < 4.78 is 0. The van der Waals surface area contributed by atoms with Crippen molar-refractivity contribution in [3.8, 4) is 0 Å². The van der Waals surface area contributed by atoms with E-state index >= 15 is 0 Å². The maximum atomic E-state index is 11.7. The number of carbonyl (C=O) groups is 1. The fraction of sp³-hybridized carbons (Fsp3) is 0.500. The number of carbonyl (C=O) groups excluding carboxylic acids is 1. The van der Waals surface area contributed by atoms with Gasteiger partial charge in [-0.3, -0.25) is 9.78 Å². The van der Waals surface area contributed by atoms with E-state index in [0.29, 0.717) is 12.3 Å². The van der Waals surface area contributed by atoms with E-state index in [2.05, 4.69) is 10.3 Å². The van der Waals surface area contributed by atoms with Crippen LogP contribution >= 0.6 is 24.8 Å². The molecule has 0 fully saturated rings. The zero-order valence-corrected chi connectivity index (χ0v) is 12.5. The molecule has 1 atom stereocenters. The number of nitrogens with two attached hydrogens (primary N) is 1. The molecule has 1 heterocycles. The van der Waals surface area contributed by atoms with Gasteiger partial charge in [0.25, 0.3) is 0 Å². The van der Waals surface area contributed by atoms with Crippen molar-refractivity contribution in [2.45, 2.75) is 33.2 Å². The minimum Gasteiger partial charge on any atom is -0.323 e. The molecule has 0 aromatic carbocycles. The second-order valence-corrected chi connectivity index (χ2v) is 4.42. The Morgan fingerprint density at radius 2 is 2.06 bits per heavy atom. The molecule has 0 aliphatic rings. The predicted molar refractivity (Wildman–Crippen MR) is 79.5 cm³/mol. The number of nitrogens with one attached hydrogen (secondary N) is 1. The third-order valence-corrected chi connectivity index (χ3v) is 2.36. The Morgan fingerprint density at radius 3 is 2.56 bits per heavy atom. The molecule has 3 N–H and O–H groups in total. The molecule has 1 amide bonds. The lowest BCUT2D eigenvalue weighted by Crippen LogP contribution is -2.36. The largest absolute Gasteiger partial charge is 0.323 e. The van der Waals surface area contributed by atoms with Crippen molar-refractivity contribution in [2.24, 2.45) is 11.7 Å².